The van der Waals surface area contributed by atoms with Crippen LogP contribution in [0, 0.1) is 15.6 Å². The van der Waals surface area contributed by atoms with Gasteiger partial charge < -0.3 is 61.7 Å². The number of esters is 1. The monoisotopic (exact) mass is 765 g/mol. The highest BCUT2D eigenvalue weighted by Gasteiger charge is 2.33. The van der Waals surface area contributed by atoms with Crippen molar-refractivity contribution in [3.05, 3.63) is 50.6 Å². The molecule has 1 aliphatic heterocycles. The molecule has 0 bridgehead atoms. The van der Waals surface area contributed by atoms with Gasteiger partial charge in [0.25, 0.3) is 0 Å². The molecule has 1 fully saturated rings. The largest absolute Gasteiger partial charge is 0.756 e. The second-order valence-electron chi connectivity index (χ2n) is 13.0. The SMILES string of the molecule is CC(=O)NC(CCCN([O-])C(=O)/C=C(\C)CCO)C(=O)OCC/C(C)=C\C(=O)N([O-])CCCC1NC(=O)C(CCCN([O-])C(=O)/C=C(/C)CCO)NC1=O. The van der Waals surface area contributed by atoms with E-state index in [1.165, 1.54) is 6.92 Å². The number of aliphatic hydroxyl groups excluding tert-OH is 2. The van der Waals surface area contributed by atoms with Gasteiger partial charge in [-0.3, -0.25) is 28.8 Å². The van der Waals surface area contributed by atoms with Crippen LogP contribution in [0.25, 0.3) is 0 Å². The molecule has 54 heavy (non-hydrogen) atoms. The summed E-state index contributed by atoms with van der Waals surface area (Å²) in [4.78, 5) is 85.6. The highest BCUT2D eigenvalue weighted by molar-refractivity contribution is 5.97. The fraction of sp³-hybridized carbons (Fsp3) is 0.629. The topological polar surface area (TPSA) is 284 Å². The fourth-order valence-corrected chi connectivity index (χ4v) is 5.05. The van der Waals surface area contributed by atoms with Crippen molar-refractivity contribution in [2.45, 2.75) is 104 Å². The number of piperazine rings is 1. The minimum Gasteiger partial charge on any atom is -0.756 e. The van der Waals surface area contributed by atoms with Gasteiger partial charge in [0.15, 0.2) is 0 Å². The number of carbonyl (C=O) groups excluding carboxylic acids is 7. The van der Waals surface area contributed by atoms with E-state index in [0.29, 0.717) is 16.7 Å². The van der Waals surface area contributed by atoms with Gasteiger partial charge in [-0.2, -0.15) is 0 Å². The van der Waals surface area contributed by atoms with Gasteiger partial charge in [-0.05, 0) is 72.1 Å². The number of nitrogens with zero attached hydrogens (tertiary/aromatic N) is 3. The summed E-state index contributed by atoms with van der Waals surface area (Å²) in [5.74, 6) is -4.75. The lowest BCUT2D eigenvalue weighted by Crippen LogP contribution is -2.61. The summed E-state index contributed by atoms with van der Waals surface area (Å²) in [6, 6.07) is -2.94. The second kappa shape index (κ2) is 25.4. The fourth-order valence-electron chi connectivity index (χ4n) is 5.05. The Balaban J connectivity index is 2.47. The van der Waals surface area contributed by atoms with Crippen LogP contribution in [0.3, 0.4) is 0 Å². The Bertz CT molecular complexity index is 1400. The molecule has 19 nitrogen and oxygen atoms in total. The van der Waals surface area contributed by atoms with Crippen LogP contribution in [0.4, 0.5) is 0 Å². The lowest BCUT2D eigenvalue weighted by Gasteiger charge is -2.32. The molecule has 5 N–H and O–H groups in total. The van der Waals surface area contributed by atoms with Crippen molar-refractivity contribution in [1.82, 2.24) is 31.1 Å². The number of aliphatic hydroxyl groups is 2. The molecule has 304 valence electrons. The van der Waals surface area contributed by atoms with E-state index in [2.05, 4.69) is 16.0 Å². The van der Waals surface area contributed by atoms with Crippen molar-refractivity contribution < 1.29 is 48.5 Å². The molecule has 0 aromatic carbocycles. The first-order chi connectivity index (χ1) is 25.5. The Labute approximate surface area is 314 Å². The zero-order valence-electron chi connectivity index (χ0n) is 31.3. The van der Waals surface area contributed by atoms with Crippen molar-refractivity contribution in [3.63, 3.8) is 0 Å². The van der Waals surface area contributed by atoms with Crippen LogP contribution in [0.5, 0.6) is 0 Å². The standard InChI is InChI=1S/C35H53N6O13/c1-23(11-17-42)20-30(45)39(51)14-5-8-27-33(48)38-28(34(49)37-27)9-6-15-40(52)32(47)22-25(3)13-19-54-35(50)29(36-26(4)44)10-7-16-41(53)31(46)21-24(2)12-18-43/h20-22,27-29,42-43H,5-19H2,1-4H3,(H,36,44)(H,37,49)(H,38,48)/q-3/b23-20-,24-21+,25-22-. The lowest BCUT2D eigenvalue weighted by atomic mass is 10.0. The third-order valence-electron chi connectivity index (χ3n) is 8.09. The Kier molecular flexibility index (Phi) is 22.2. The molecule has 3 atom stereocenters. The summed E-state index contributed by atoms with van der Waals surface area (Å²) in [5.41, 5.74) is 1.50. The molecule has 0 saturated carbocycles. The molecule has 19 heteroatoms. The van der Waals surface area contributed by atoms with Crippen LogP contribution >= 0.6 is 0 Å². The number of hydroxylamine groups is 6. The predicted octanol–water partition coefficient (Wildman–Crippen LogP) is 0.331. The summed E-state index contributed by atoms with van der Waals surface area (Å²) in [7, 11) is 0. The molecule has 0 aromatic heterocycles. The average molecular weight is 766 g/mol. The third-order valence-corrected chi connectivity index (χ3v) is 8.09. The first kappa shape index (κ1) is 47.3. The number of carbonyl (C=O) groups is 7. The van der Waals surface area contributed by atoms with Gasteiger partial charge in [-0.15, -0.1) is 0 Å². The molecular formula is C35H53N6O13-3. The minimum atomic E-state index is -1.09. The highest BCUT2D eigenvalue weighted by atomic mass is 16.5. The van der Waals surface area contributed by atoms with Crippen LogP contribution in [-0.2, 0) is 38.3 Å². The molecule has 0 radical (unpaired) electrons. The molecule has 0 spiro atoms. The van der Waals surface area contributed by atoms with Crippen LogP contribution in [0.2, 0.25) is 0 Å². The van der Waals surface area contributed by atoms with Crippen LogP contribution in [-0.4, -0.2) is 124 Å². The molecule has 1 rings (SSSR count). The normalized spacial score (nSPS) is 16.9. The Morgan fingerprint density at radius 1 is 0.704 bits per heavy atom. The molecule has 3 unspecified atom stereocenters. The van der Waals surface area contributed by atoms with E-state index in [1.54, 1.807) is 20.8 Å². The number of nitrogens with one attached hydrogen (secondary N) is 3. The maximum absolute atomic E-state index is 12.6. The van der Waals surface area contributed by atoms with E-state index in [9.17, 15) is 49.2 Å². The summed E-state index contributed by atoms with van der Waals surface area (Å²) in [5, 5.41) is 62.4. The van der Waals surface area contributed by atoms with Crippen molar-refractivity contribution in [1.29, 1.82) is 0 Å². The zero-order valence-corrected chi connectivity index (χ0v) is 31.3. The van der Waals surface area contributed by atoms with Crippen molar-refractivity contribution in [2.24, 2.45) is 0 Å². The number of amides is 6. The van der Waals surface area contributed by atoms with Crippen molar-refractivity contribution in [3.8, 4) is 0 Å². The second-order valence-corrected chi connectivity index (χ2v) is 13.0. The van der Waals surface area contributed by atoms with Gasteiger partial charge >= 0.3 is 5.97 Å². The number of rotatable bonds is 24. The van der Waals surface area contributed by atoms with Crippen molar-refractivity contribution >= 4 is 41.4 Å². The highest BCUT2D eigenvalue weighted by Crippen LogP contribution is 2.12. The summed E-state index contributed by atoms with van der Waals surface area (Å²) < 4.78 is 5.22. The molecule has 0 aromatic rings. The summed E-state index contributed by atoms with van der Waals surface area (Å²) in [6.45, 7) is 4.73. The van der Waals surface area contributed by atoms with Crippen LogP contribution < -0.4 is 16.0 Å². The van der Waals surface area contributed by atoms with Gasteiger partial charge in [-0.1, -0.05) is 16.7 Å². The zero-order chi connectivity index (χ0) is 40.8. The molecular weight excluding hydrogens is 712 g/mol. The van der Waals surface area contributed by atoms with Gasteiger partial charge in [0, 0.05) is 64.4 Å². The number of hydrogen-bond acceptors (Lipinski definition) is 13. The van der Waals surface area contributed by atoms with Crippen LogP contribution in [0.15, 0.2) is 34.9 Å². The van der Waals surface area contributed by atoms with E-state index in [1.807, 2.05) is 0 Å². The molecule has 1 aliphatic rings. The Hall–Kier alpha value is -4.69. The maximum atomic E-state index is 12.6. The molecule has 6 amide bonds. The third kappa shape index (κ3) is 18.9. The first-order valence-corrected chi connectivity index (χ1v) is 17.7. The van der Waals surface area contributed by atoms with E-state index in [0.717, 1.165) is 18.2 Å². The van der Waals surface area contributed by atoms with E-state index >= 15 is 0 Å². The van der Waals surface area contributed by atoms with E-state index in [4.69, 9.17) is 14.9 Å². The lowest BCUT2D eigenvalue weighted by molar-refractivity contribution is -0.147. The van der Waals surface area contributed by atoms with Gasteiger partial charge in [0.2, 0.25) is 35.4 Å². The van der Waals surface area contributed by atoms with E-state index in [-0.39, 0.29) is 112 Å². The minimum absolute atomic E-state index is 0.00526. The number of hydrogen-bond donors (Lipinski definition) is 5. The average Bonchev–Trinajstić information content (AvgIpc) is 3.09. The van der Waals surface area contributed by atoms with Crippen LogP contribution in [0.1, 0.15) is 85.5 Å². The molecule has 1 heterocycles. The van der Waals surface area contributed by atoms with Gasteiger partial charge in [0.1, 0.15) is 18.1 Å². The quantitative estimate of drug-likeness (QED) is 0.0504. The Morgan fingerprint density at radius 2 is 1.09 bits per heavy atom. The predicted molar refractivity (Wildman–Crippen MR) is 195 cm³/mol. The Morgan fingerprint density at radius 3 is 1.48 bits per heavy atom. The maximum Gasteiger partial charge on any atom is 0.328 e. The van der Waals surface area contributed by atoms with Gasteiger partial charge in [-0.25, -0.2) is 4.79 Å². The van der Waals surface area contributed by atoms with E-state index < -0.39 is 59.5 Å². The van der Waals surface area contributed by atoms with Crippen molar-refractivity contribution in [2.75, 3.05) is 39.5 Å². The number of ether oxygens (including phenoxy) is 1. The molecule has 1 saturated heterocycles. The molecule has 0 aliphatic carbocycles. The summed E-state index contributed by atoms with van der Waals surface area (Å²) >= 11 is 0. The summed E-state index contributed by atoms with van der Waals surface area (Å²) in [6.07, 6.45) is 4.40. The smallest absolute Gasteiger partial charge is 0.328 e. The first-order valence-electron chi connectivity index (χ1n) is 17.7. The van der Waals surface area contributed by atoms with Gasteiger partial charge in [0.05, 0.1) is 6.61 Å².